The Morgan fingerprint density at radius 1 is 0.800 bits per heavy atom. The molecule has 0 aromatic carbocycles. The average molecular weight is 229 g/mol. The van der Waals surface area contributed by atoms with Gasteiger partial charge in [-0.25, -0.2) is 0 Å². The monoisotopic (exact) mass is 228 g/mol. The Morgan fingerprint density at radius 2 is 0.800 bits per heavy atom. The molecular formula is C2H2O7Zr. The van der Waals surface area contributed by atoms with E-state index in [0.717, 1.165) is 0 Å². The van der Waals surface area contributed by atoms with Crippen LogP contribution in [0.3, 0.4) is 0 Å². The smallest absolute Gasteiger partial charge is 0.652 e. The second kappa shape index (κ2) is 15.8. The van der Waals surface area contributed by atoms with E-state index in [-0.39, 0.29) is 31.7 Å². The zero-order valence-corrected chi connectivity index (χ0v) is 6.91. The van der Waals surface area contributed by atoms with Gasteiger partial charge in [-0.3, -0.25) is 0 Å². The van der Waals surface area contributed by atoms with Crippen molar-refractivity contribution in [1.29, 1.82) is 0 Å². The summed E-state index contributed by atoms with van der Waals surface area (Å²) in [7, 11) is 0. The molecule has 0 rings (SSSR count). The summed E-state index contributed by atoms with van der Waals surface area (Å²) in [5.41, 5.74) is 0. The predicted octanol–water partition coefficient (Wildman–Crippen LogP) is -5.72. The first-order valence-corrected chi connectivity index (χ1v) is 1.22. The van der Waals surface area contributed by atoms with Crippen LogP contribution in [-0.4, -0.2) is 17.8 Å². The van der Waals surface area contributed by atoms with Crippen LogP contribution < -0.4 is 20.4 Å². The van der Waals surface area contributed by atoms with E-state index in [9.17, 15) is 0 Å². The number of hydrogen-bond acceptors (Lipinski definition) is 6. The summed E-state index contributed by atoms with van der Waals surface area (Å²) in [6, 6.07) is 0. The third-order valence-electron chi connectivity index (χ3n) is 0. The van der Waals surface area contributed by atoms with Crippen molar-refractivity contribution < 1.29 is 61.7 Å². The maximum Gasteiger partial charge on any atom is 4.00 e. The van der Waals surface area contributed by atoms with Gasteiger partial charge in [-0.15, -0.1) is 0 Å². The first kappa shape index (κ1) is 22.8. The van der Waals surface area contributed by atoms with Crippen molar-refractivity contribution in [2.45, 2.75) is 0 Å². The van der Waals surface area contributed by atoms with E-state index in [0.29, 0.717) is 0 Å². The van der Waals surface area contributed by atoms with Crippen LogP contribution in [0.5, 0.6) is 0 Å². The van der Waals surface area contributed by atoms with Gasteiger partial charge in [0.2, 0.25) is 0 Å². The molecule has 0 fully saturated rings. The number of carboxylic acid groups (broad SMARTS) is 4. The van der Waals surface area contributed by atoms with Gasteiger partial charge >= 0.3 is 26.2 Å². The molecule has 0 aliphatic carbocycles. The summed E-state index contributed by atoms with van der Waals surface area (Å²) in [5.74, 6) is 0. The Morgan fingerprint density at radius 3 is 0.800 bits per heavy atom. The first-order valence-electron chi connectivity index (χ1n) is 1.22. The third kappa shape index (κ3) is 790. The molecule has 0 heterocycles. The third-order valence-corrected chi connectivity index (χ3v) is 0. The quantitative estimate of drug-likeness (QED) is 0.402. The van der Waals surface area contributed by atoms with Crippen molar-refractivity contribution >= 4 is 12.3 Å². The molecule has 56 valence electrons. The predicted molar refractivity (Wildman–Crippen MR) is 14.4 cm³/mol. The van der Waals surface area contributed by atoms with Crippen LogP contribution in [-0.2, 0) is 26.2 Å². The first-order chi connectivity index (χ1) is 3.46. The van der Waals surface area contributed by atoms with E-state index in [4.69, 9.17) is 30.0 Å². The molecule has 0 aromatic heterocycles. The summed E-state index contributed by atoms with van der Waals surface area (Å²) < 4.78 is 0. The standard InChI is InChI=1S/2CH2O3.H2O.Zr/c2*2-1(3)4;;/h2*(H2,2,3,4);1H2;/q;;;+4/p-4. The molecule has 7 nitrogen and oxygen atoms in total. The molecule has 0 radical (unpaired) electrons. The number of rotatable bonds is 0. The molecule has 10 heavy (non-hydrogen) atoms. The SMILES string of the molecule is O.O=C([O-])[O-].O=C([O-])[O-].[Zr+4]. The fourth-order valence-corrected chi connectivity index (χ4v) is 0. The van der Waals surface area contributed by atoms with Crippen LogP contribution in [0.1, 0.15) is 0 Å². The van der Waals surface area contributed by atoms with Gasteiger partial charge in [-0.2, -0.15) is 0 Å². The Bertz CT molecular complexity index is 69.6. The molecule has 0 aliphatic heterocycles. The normalized spacial score (nSPS) is 4.80. The van der Waals surface area contributed by atoms with Crippen LogP contribution in [0.4, 0.5) is 9.59 Å². The molecular weight excluding hydrogens is 227 g/mol. The van der Waals surface area contributed by atoms with E-state index in [1.54, 1.807) is 0 Å². The maximum atomic E-state index is 8.33. The van der Waals surface area contributed by atoms with E-state index >= 15 is 0 Å². The molecule has 0 bridgehead atoms. The van der Waals surface area contributed by atoms with Crippen LogP contribution in [0.2, 0.25) is 0 Å². The Hall–Kier alpha value is -0.617. The molecule has 0 aliphatic rings. The van der Waals surface area contributed by atoms with Gasteiger partial charge in [0.05, 0.1) is 0 Å². The fourth-order valence-electron chi connectivity index (χ4n) is 0. The summed E-state index contributed by atoms with van der Waals surface area (Å²) in [4.78, 5) is 16.7. The molecule has 0 unspecified atom stereocenters. The zero-order chi connectivity index (χ0) is 7.15. The summed E-state index contributed by atoms with van der Waals surface area (Å²) in [6.45, 7) is 0. The molecule has 0 amide bonds. The molecule has 0 saturated carbocycles. The molecule has 2 N–H and O–H groups in total. The van der Waals surface area contributed by atoms with Gasteiger partial charge in [-0.1, -0.05) is 0 Å². The van der Waals surface area contributed by atoms with Gasteiger partial charge < -0.3 is 35.5 Å². The van der Waals surface area contributed by atoms with Gasteiger partial charge in [0.25, 0.3) is 0 Å². The van der Waals surface area contributed by atoms with Crippen LogP contribution in [0, 0.1) is 0 Å². The fraction of sp³-hybridized carbons (Fsp3) is 0. The summed E-state index contributed by atoms with van der Waals surface area (Å²) >= 11 is 0. The van der Waals surface area contributed by atoms with Crippen LogP contribution in [0.25, 0.3) is 0 Å². The van der Waals surface area contributed by atoms with Crippen molar-refractivity contribution in [1.82, 2.24) is 0 Å². The number of carbonyl (C=O) groups excluding carboxylic acids is 2. The minimum Gasteiger partial charge on any atom is -0.652 e. The second-order valence-corrected chi connectivity index (χ2v) is 0.500. The minimum absolute atomic E-state index is 0. The van der Waals surface area contributed by atoms with Gasteiger partial charge in [-0.05, 0) is 12.3 Å². The second-order valence-electron chi connectivity index (χ2n) is 0.500. The number of hydrogen-bond donors (Lipinski definition) is 0. The van der Waals surface area contributed by atoms with Gasteiger partial charge in [0.1, 0.15) is 0 Å². The van der Waals surface area contributed by atoms with E-state index < -0.39 is 12.3 Å². The van der Waals surface area contributed by atoms with Gasteiger partial charge in [0, 0.05) is 0 Å². The topological polar surface area (TPSA) is 158 Å². The Labute approximate surface area is 74.3 Å². The zero-order valence-electron chi connectivity index (χ0n) is 4.45. The van der Waals surface area contributed by atoms with Gasteiger partial charge in [0.15, 0.2) is 0 Å². The van der Waals surface area contributed by atoms with Crippen LogP contribution in [0.15, 0.2) is 0 Å². The summed E-state index contributed by atoms with van der Waals surface area (Å²) in [5, 5.41) is 33.3. The van der Waals surface area contributed by atoms with Crippen LogP contribution >= 0.6 is 0 Å². The van der Waals surface area contributed by atoms with E-state index in [2.05, 4.69) is 0 Å². The molecule has 0 atom stereocenters. The van der Waals surface area contributed by atoms with Crippen molar-refractivity contribution in [2.24, 2.45) is 0 Å². The van der Waals surface area contributed by atoms with Crippen molar-refractivity contribution in [2.75, 3.05) is 0 Å². The van der Waals surface area contributed by atoms with Crippen molar-refractivity contribution in [3.63, 3.8) is 0 Å². The number of carbonyl (C=O) groups is 2. The molecule has 8 heteroatoms. The Kier molecular flexibility index (Phi) is 35.9. The maximum absolute atomic E-state index is 8.33. The largest absolute Gasteiger partial charge is 4.00 e. The Balaban J connectivity index is -0.0000000300. The summed E-state index contributed by atoms with van der Waals surface area (Å²) in [6.07, 6.45) is -4.67. The average Bonchev–Trinajstić information content (AvgIpc) is 1.25. The van der Waals surface area contributed by atoms with E-state index in [1.165, 1.54) is 0 Å². The molecule has 0 saturated heterocycles. The molecule has 0 aromatic rings. The minimum atomic E-state index is -2.33. The van der Waals surface area contributed by atoms with Crippen molar-refractivity contribution in [3.8, 4) is 0 Å². The van der Waals surface area contributed by atoms with E-state index in [1.807, 2.05) is 0 Å². The van der Waals surface area contributed by atoms with Crippen molar-refractivity contribution in [3.05, 3.63) is 0 Å². The molecule has 0 spiro atoms.